The van der Waals surface area contributed by atoms with Gasteiger partial charge in [0.1, 0.15) is 5.82 Å². The molecule has 1 atom stereocenters. The maximum absolute atomic E-state index is 13.2. The van der Waals surface area contributed by atoms with Gasteiger partial charge in [0.05, 0.1) is 17.0 Å². The zero-order valence-corrected chi connectivity index (χ0v) is 10.3. The first-order chi connectivity index (χ1) is 8.00. The molecule has 1 aliphatic heterocycles. The number of hydrogen-bond acceptors (Lipinski definition) is 3. The average Bonchev–Trinajstić information content (AvgIpc) is 2.69. The van der Waals surface area contributed by atoms with Crippen molar-refractivity contribution in [3.8, 4) is 0 Å². The lowest BCUT2D eigenvalue weighted by atomic mass is 10.0. The van der Waals surface area contributed by atoms with E-state index in [9.17, 15) is 4.39 Å². The van der Waals surface area contributed by atoms with Crippen molar-refractivity contribution >= 4 is 11.4 Å². The molecule has 0 amide bonds. The lowest BCUT2D eigenvalue weighted by Gasteiger charge is -2.24. The smallest absolute Gasteiger partial charge is 0.128 e. The molecule has 1 aliphatic rings. The number of rotatable bonds is 3. The molecule has 2 rings (SSSR count). The van der Waals surface area contributed by atoms with E-state index in [0.29, 0.717) is 17.8 Å². The summed E-state index contributed by atoms with van der Waals surface area (Å²) >= 11 is 0. The van der Waals surface area contributed by atoms with Crippen molar-refractivity contribution in [1.29, 1.82) is 0 Å². The summed E-state index contributed by atoms with van der Waals surface area (Å²) in [5, 5.41) is 3.25. The van der Waals surface area contributed by atoms with Crippen LogP contribution in [-0.2, 0) is 4.74 Å². The number of halogens is 1. The van der Waals surface area contributed by atoms with E-state index in [-0.39, 0.29) is 11.4 Å². The van der Waals surface area contributed by atoms with Crippen LogP contribution in [0.4, 0.5) is 15.8 Å². The summed E-state index contributed by atoms with van der Waals surface area (Å²) in [4.78, 5) is 0. The fraction of sp³-hybridized carbons (Fsp3) is 0.538. The first-order valence-electron chi connectivity index (χ1n) is 5.94. The summed E-state index contributed by atoms with van der Waals surface area (Å²) in [6, 6.07) is 3.10. The van der Waals surface area contributed by atoms with Crippen LogP contribution in [0.15, 0.2) is 12.1 Å². The maximum Gasteiger partial charge on any atom is 0.128 e. The van der Waals surface area contributed by atoms with Crippen LogP contribution in [0.25, 0.3) is 0 Å². The largest absolute Gasteiger partial charge is 0.397 e. The number of hydrogen-bond donors (Lipinski definition) is 2. The second-order valence-corrected chi connectivity index (χ2v) is 4.94. The molecule has 0 aromatic heterocycles. The molecule has 1 fully saturated rings. The summed E-state index contributed by atoms with van der Waals surface area (Å²) < 4.78 is 18.9. The molecule has 1 aromatic carbocycles. The van der Waals surface area contributed by atoms with Gasteiger partial charge in [-0.15, -0.1) is 0 Å². The Morgan fingerprint density at radius 2 is 2.29 bits per heavy atom. The highest BCUT2D eigenvalue weighted by atomic mass is 19.1. The number of benzene rings is 1. The number of nitrogens with one attached hydrogen (secondary N) is 1. The highest BCUT2D eigenvalue weighted by Gasteiger charge is 2.29. The first kappa shape index (κ1) is 12.2. The third-order valence-electron chi connectivity index (χ3n) is 3.28. The molecule has 0 aliphatic carbocycles. The van der Waals surface area contributed by atoms with Gasteiger partial charge >= 0.3 is 0 Å². The standard InChI is InChI=1S/C13H19FN2O/c1-9-6-12(11(15)7-10(9)14)16-8-13(2)4-3-5-17-13/h6-7,16H,3-5,8,15H2,1-2H3. The van der Waals surface area contributed by atoms with Crippen molar-refractivity contribution in [1.82, 2.24) is 0 Å². The van der Waals surface area contributed by atoms with Crippen LogP contribution in [-0.4, -0.2) is 18.8 Å². The number of nitrogen functional groups attached to an aromatic ring is 1. The van der Waals surface area contributed by atoms with Crippen LogP contribution < -0.4 is 11.1 Å². The Labute approximate surface area is 101 Å². The third-order valence-corrected chi connectivity index (χ3v) is 3.28. The predicted molar refractivity (Wildman–Crippen MR) is 67.6 cm³/mol. The molecule has 1 unspecified atom stereocenters. The van der Waals surface area contributed by atoms with E-state index in [1.54, 1.807) is 13.0 Å². The van der Waals surface area contributed by atoms with Crippen molar-refractivity contribution < 1.29 is 9.13 Å². The molecular weight excluding hydrogens is 219 g/mol. The van der Waals surface area contributed by atoms with E-state index in [1.807, 2.05) is 0 Å². The first-order valence-corrected chi connectivity index (χ1v) is 5.94. The second kappa shape index (κ2) is 4.53. The molecule has 94 valence electrons. The van der Waals surface area contributed by atoms with Gasteiger partial charge in [-0.05, 0) is 44.4 Å². The van der Waals surface area contributed by atoms with Gasteiger partial charge in [-0.25, -0.2) is 4.39 Å². The SMILES string of the molecule is Cc1cc(NCC2(C)CCCO2)c(N)cc1F. The molecule has 1 heterocycles. The molecule has 1 aromatic rings. The van der Waals surface area contributed by atoms with Gasteiger partial charge < -0.3 is 15.8 Å². The zero-order valence-electron chi connectivity index (χ0n) is 10.3. The maximum atomic E-state index is 13.2. The van der Waals surface area contributed by atoms with Crippen LogP contribution in [0.5, 0.6) is 0 Å². The predicted octanol–water partition coefficient (Wildman–Crippen LogP) is 2.70. The minimum Gasteiger partial charge on any atom is -0.397 e. The molecule has 0 spiro atoms. The minimum absolute atomic E-state index is 0.130. The van der Waals surface area contributed by atoms with Crippen molar-refractivity contribution in [2.75, 3.05) is 24.2 Å². The van der Waals surface area contributed by atoms with Crippen LogP contribution in [0.2, 0.25) is 0 Å². The number of anilines is 2. The van der Waals surface area contributed by atoms with Gasteiger partial charge in [-0.2, -0.15) is 0 Å². The quantitative estimate of drug-likeness (QED) is 0.796. The van der Waals surface area contributed by atoms with Gasteiger partial charge in [0.2, 0.25) is 0 Å². The topological polar surface area (TPSA) is 47.3 Å². The Bertz CT molecular complexity index is 414. The highest BCUT2D eigenvalue weighted by molar-refractivity contribution is 5.67. The van der Waals surface area contributed by atoms with Crippen LogP contribution in [0.1, 0.15) is 25.3 Å². The Morgan fingerprint density at radius 1 is 1.53 bits per heavy atom. The monoisotopic (exact) mass is 238 g/mol. The number of aryl methyl sites for hydroxylation is 1. The van der Waals surface area contributed by atoms with Crippen molar-refractivity contribution in [2.45, 2.75) is 32.3 Å². The van der Waals surface area contributed by atoms with E-state index in [4.69, 9.17) is 10.5 Å². The molecule has 0 bridgehead atoms. The van der Waals surface area contributed by atoms with Crippen molar-refractivity contribution in [3.05, 3.63) is 23.5 Å². The van der Waals surface area contributed by atoms with Crippen molar-refractivity contribution in [3.63, 3.8) is 0 Å². The summed E-state index contributed by atoms with van der Waals surface area (Å²) in [7, 11) is 0. The van der Waals surface area contributed by atoms with E-state index >= 15 is 0 Å². The molecular formula is C13H19FN2O. The summed E-state index contributed by atoms with van der Waals surface area (Å²) in [5.41, 5.74) is 7.46. The van der Waals surface area contributed by atoms with Gasteiger partial charge in [0.15, 0.2) is 0 Å². The van der Waals surface area contributed by atoms with Gasteiger partial charge in [0, 0.05) is 13.2 Å². The Kier molecular flexibility index (Phi) is 3.24. The van der Waals surface area contributed by atoms with E-state index in [1.165, 1.54) is 6.07 Å². The lowest BCUT2D eigenvalue weighted by molar-refractivity contribution is 0.0315. The molecule has 0 saturated carbocycles. The Hall–Kier alpha value is -1.29. The minimum atomic E-state index is -0.267. The summed E-state index contributed by atoms with van der Waals surface area (Å²) in [5.74, 6) is -0.267. The van der Waals surface area contributed by atoms with Crippen LogP contribution in [0.3, 0.4) is 0 Å². The molecule has 3 nitrogen and oxygen atoms in total. The molecule has 4 heteroatoms. The summed E-state index contributed by atoms with van der Waals surface area (Å²) in [6.45, 7) is 5.33. The van der Waals surface area contributed by atoms with Gasteiger partial charge in [-0.1, -0.05) is 0 Å². The Morgan fingerprint density at radius 3 is 2.94 bits per heavy atom. The number of ether oxygens (including phenoxy) is 1. The molecule has 3 N–H and O–H groups in total. The van der Waals surface area contributed by atoms with E-state index in [2.05, 4.69) is 12.2 Å². The molecule has 17 heavy (non-hydrogen) atoms. The molecule has 0 radical (unpaired) electrons. The summed E-state index contributed by atoms with van der Waals surface area (Å²) in [6.07, 6.45) is 2.14. The fourth-order valence-corrected chi connectivity index (χ4v) is 2.11. The average molecular weight is 238 g/mol. The third kappa shape index (κ3) is 2.69. The van der Waals surface area contributed by atoms with Crippen LogP contribution >= 0.6 is 0 Å². The normalized spacial score (nSPS) is 23.9. The second-order valence-electron chi connectivity index (χ2n) is 4.94. The fourth-order valence-electron chi connectivity index (χ4n) is 2.11. The van der Waals surface area contributed by atoms with E-state index in [0.717, 1.165) is 25.1 Å². The Balaban J connectivity index is 2.06. The van der Waals surface area contributed by atoms with E-state index < -0.39 is 0 Å². The van der Waals surface area contributed by atoms with Gasteiger partial charge in [-0.3, -0.25) is 0 Å². The molecule has 1 saturated heterocycles. The van der Waals surface area contributed by atoms with Crippen LogP contribution in [0, 0.1) is 12.7 Å². The van der Waals surface area contributed by atoms with Crippen molar-refractivity contribution in [2.24, 2.45) is 0 Å². The highest BCUT2D eigenvalue weighted by Crippen LogP contribution is 2.28. The lowest BCUT2D eigenvalue weighted by Crippen LogP contribution is -2.32. The zero-order chi connectivity index (χ0) is 12.5. The van der Waals surface area contributed by atoms with Gasteiger partial charge in [0.25, 0.3) is 0 Å². The number of nitrogens with two attached hydrogens (primary N) is 1.